The van der Waals surface area contributed by atoms with Gasteiger partial charge in [0.1, 0.15) is 17.7 Å². The first-order valence-electron chi connectivity index (χ1n) is 11.5. The van der Waals surface area contributed by atoms with Crippen molar-refractivity contribution in [2.24, 2.45) is 4.99 Å². The Hall–Kier alpha value is -3.77. The van der Waals surface area contributed by atoms with Gasteiger partial charge in [-0.25, -0.2) is 9.38 Å². The molecular formula is C24H26Cl2FN5O6. The maximum Gasteiger partial charge on any atom is 0.308 e. The number of halogens is 3. The zero-order chi connectivity index (χ0) is 27.8. The Morgan fingerprint density at radius 1 is 1.21 bits per heavy atom. The van der Waals surface area contributed by atoms with Gasteiger partial charge >= 0.3 is 5.97 Å². The molecule has 2 amide bonds. The Labute approximate surface area is 227 Å². The molecule has 204 valence electrons. The van der Waals surface area contributed by atoms with E-state index in [2.05, 4.69) is 26.3 Å². The smallest absolute Gasteiger partial charge is 0.308 e. The molecule has 1 aliphatic rings. The van der Waals surface area contributed by atoms with Crippen LogP contribution in [0.2, 0.25) is 10.0 Å². The van der Waals surface area contributed by atoms with Crippen LogP contribution in [0.3, 0.4) is 0 Å². The molecule has 1 heterocycles. The monoisotopic (exact) mass is 569 g/mol. The molecule has 38 heavy (non-hydrogen) atoms. The van der Waals surface area contributed by atoms with E-state index in [-0.39, 0.29) is 64.7 Å². The van der Waals surface area contributed by atoms with Crippen molar-refractivity contribution >= 4 is 52.6 Å². The molecule has 2 aromatic carbocycles. The highest BCUT2D eigenvalue weighted by Crippen LogP contribution is 2.36. The van der Waals surface area contributed by atoms with Crippen LogP contribution in [0.15, 0.2) is 35.3 Å². The summed E-state index contributed by atoms with van der Waals surface area (Å²) in [5.74, 6) is -2.33. The largest absolute Gasteiger partial charge is 0.508 e. The van der Waals surface area contributed by atoms with Gasteiger partial charge in [0.2, 0.25) is 5.91 Å². The zero-order valence-electron chi connectivity index (χ0n) is 20.2. The number of phenols is 2. The number of esters is 1. The average Bonchev–Trinajstić information content (AvgIpc) is 2.85. The first-order chi connectivity index (χ1) is 18.0. The average molecular weight is 570 g/mol. The molecule has 14 heteroatoms. The fourth-order valence-electron chi connectivity index (χ4n) is 3.54. The molecule has 3 rings (SSSR count). The lowest BCUT2D eigenvalue weighted by Crippen LogP contribution is -2.41. The summed E-state index contributed by atoms with van der Waals surface area (Å²) in [6.07, 6.45) is -1.44. The number of aromatic hydroxyl groups is 2. The van der Waals surface area contributed by atoms with Gasteiger partial charge in [0, 0.05) is 27.9 Å². The van der Waals surface area contributed by atoms with Gasteiger partial charge in [-0.05, 0) is 31.2 Å². The number of aliphatic imine (C=N–C) groups is 1. The highest BCUT2D eigenvalue weighted by Gasteiger charge is 2.24. The van der Waals surface area contributed by atoms with Crippen molar-refractivity contribution in [3.63, 3.8) is 0 Å². The summed E-state index contributed by atoms with van der Waals surface area (Å²) in [4.78, 5) is 41.4. The molecule has 0 aromatic heterocycles. The van der Waals surface area contributed by atoms with Gasteiger partial charge in [0.15, 0.2) is 5.96 Å². The molecule has 0 aliphatic carbocycles. The van der Waals surface area contributed by atoms with E-state index < -0.39 is 36.5 Å². The first-order valence-corrected chi connectivity index (χ1v) is 12.3. The summed E-state index contributed by atoms with van der Waals surface area (Å²) < 4.78 is 18.2. The highest BCUT2D eigenvalue weighted by molar-refractivity contribution is 6.35. The van der Waals surface area contributed by atoms with E-state index >= 15 is 0 Å². The highest BCUT2D eigenvalue weighted by atomic mass is 35.5. The minimum absolute atomic E-state index is 0.0209. The van der Waals surface area contributed by atoms with Crippen LogP contribution in [-0.2, 0) is 14.3 Å². The van der Waals surface area contributed by atoms with Crippen molar-refractivity contribution < 1.29 is 33.7 Å². The summed E-state index contributed by atoms with van der Waals surface area (Å²) in [5, 5.41) is 31.1. The molecule has 2 atom stereocenters. The second-order valence-electron chi connectivity index (χ2n) is 8.20. The Kier molecular flexibility index (Phi) is 9.97. The van der Waals surface area contributed by atoms with Crippen LogP contribution in [0, 0.1) is 0 Å². The Bertz CT molecular complexity index is 1250. The maximum atomic E-state index is 13.2. The second kappa shape index (κ2) is 13.2. The molecule has 1 unspecified atom stereocenters. The molecule has 11 nitrogen and oxygen atoms in total. The zero-order valence-corrected chi connectivity index (χ0v) is 21.7. The fourth-order valence-corrected chi connectivity index (χ4v) is 4.05. The van der Waals surface area contributed by atoms with Gasteiger partial charge in [0.05, 0.1) is 43.7 Å². The van der Waals surface area contributed by atoms with Crippen molar-refractivity contribution in [1.29, 1.82) is 0 Å². The van der Waals surface area contributed by atoms with Gasteiger partial charge in [-0.15, -0.1) is 0 Å². The lowest BCUT2D eigenvalue weighted by molar-refractivity contribution is -0.143. The number of ether oxygens (including phenoxy) is 1. The Balaban J connectivity index is 1.67. The van der Waals surface area contributed by atoms with Gasteiger partial charge in [0.25, 0.3) is 5.91 Å². The number of guanidine groups is 1. The summed E-state index contributed by atoms with van der Waals surface area (Å²) in [6, 6.07) is 5.55. The van der Waals surface area contributed by atoms with Crippen LogP contribution in [-0.4, -0.2) is 66.4 Å². The van der Waals surface area contributed by atoms with Gasteiger partial charge in [-0.3, -0.25) is 14.4 Å². The van der Waals surface area contributed by atoms with Crippen LogP contribution in [0.25, 0.3) is 0 Å². The molecule has 0 saturated carbocycles. The van der Waals surface area contributed by atoms with E-state index in [1.54, 1.807) is 6.92 Å². The summed E-state index contributed by atoms with van der Waals surface area (Å²) >= 11 is 12.0. The van der Waals surface area contributed by atoms with Gasteiger partial charge in [-0.1, -0.05) is 23.2 Å². The topological polar surface area (TPSA) is 161 Å². The summed E-state index contributed by atoms with van der Waals surface area (Å²) in [5.41, 5.74) is 0.436. The Morgan fingerprint density at radius 2 is 1.97 bits per heavy atom. The van der Waals surface area contributed by atoms with Crippen LogP contribution >= 0.6 is 23.2 Å². The van der Waals surface area contributed by atoms with E-state index in [0.29, 0.717) is 5.69 Å². The van der Waals surface area contributed by atoms with E-state index in [4.69, 9.17) is 27.9 Å². The maximum absolute atomic E-state index is 13.2. The molecule has 0 saturated heterocycles. The SMILES string of the molecule is CCOC(=O)C[C@@H](NC(=O)CNC(=O)c1cc(O)cc(NC2=NCC(F)CN2)c1)c1cc(Cl)cc(Cl)c1O. The molecule has 0 fully saturated rings. The number of nitrogens with one attached hydrogen (secondary N) is 4. The van der Waals surface area contributed by atoms with E-state index in [9.17, 15) is 29.0 Å². The van der Waals surface area contributed by atoms with Crippen LogP contribution in [0.1, 0.15) is 35.3 Å². The third kappa shape index (κ3) is 8.12. The molecule has 2 aromatic rings. The van der Waals surface area contributed by atoms with Crippen LogP contribution < -0.4 is 21.3 Å². The second-order valence-corrected chi connectivity index (χ2v) is 9.04. The van der Waals surface area contributed by atoms with Crippen LogP contribution in [0.5, 0.6) is 11.5 Å². The summed E-state index contributed by atoms with van der Waals surface area (Å²) in [6.45, 7) is 1.28. The van der Waals surface area contributed by atoms with Gasteiger partial charge in [-0.2, -0.15) is 0 Å². The molecule has 0 spiro atoms. The lowest BCUT2D eigenvalue weighted by atomic mass is 10.0. The number of anilines is 1. The fraction of sp³-hybridized carbons (Fsp3) is 0.333. The van der Waals surface area contributed by atoms with E-state index in [0.717, 1.165) is 0 Å². The number of alkyl halides is 1. The Morgan fingerprint density at radius 3 is 2.66 bits per heavy atom. The normalized spacial score (nSPS) is 15.5. The molecule has 0 radical (unpaired) electrons. The molecule has 6 N–H and O–H groups in total. The number of nitrogens with zero attached hydrogens (tertiary/aromatic N) is 1. The van der Waals surface area contributed by atoms with E-state index in [1.165, 1.54) is 30.3 Å². The number of carbonyl (C=O) groups excluding carboxylic acids is 3. The quantitative estimate of drug-likeness (QED) is 0.251. The number of carbonyl (C=O) groups is 3. The number of amides is 2. The standard InChI is InChI=1S/C24H26Cl2FN5O6/c1-2-38-21(35)8-19(17-5-13(25)6-18(26)22(17)36)32-20(34)11-28-23(37)12-3-15(7-16(33)4-12)31-24-29-9-14(27)10-30-24/h3-7,14,19,33,36H,2,8-11H2,1H3,(H,28,37)(H,32,34)(H2,29,30,31)/t19-/m1/s1. The number of rotatable bonds is 9. The molecular weight excluding hydrogens is 544 g/mol. The summed E-state index contributed by atoms with van der Waals surface area (Å²) in [7, 11) is 0. The molecule has 0 bridgehead atoms. The number of hydrogen-bond acceptors (Lipinski definition) is 9. The third-order valence-corrected chi connectivity index (χ3v) is 5.74. The van der Waals surface area contributed by atoms with Crippen molar-refractivity contribution in [2.75, 3.05) is 31.6 Å². The number of hydrogen-bond donors (Lipinski definition) is 6. The predicted molar refractivity (Wildman–Crippen MR) is 140 cm³/mol. The van der Waals surface area contributed by atoms with Crippen molar-refractivity contribution in [1.82, 2.24) is 16.0 Å². The van der Waals surface area contributed by atoms with Crippen molar-refractivity contribution in [2.45, 2.75) is 25.6 Å². The first kappa shape index (κ1) is 28.8. The van der Waals surface area contributed by atoms with Crippen molar-refractivity contribution in [3.05, 3.63) is 51.5 Å². The van der Waals surface area contributed by atoms with Crippen molar-refractivity contribution in [3.8, 4) is 11.5 Å². The van der Waals surface area contributed by atoms with E-state index in [1.807, 2.05) is 0 Å². The van der Waals surface area contributed by atoms with Gasteiger partial charge < -0.3 is 36.2 Å². The number of phenolic OH excluding ortho intramolecular Hbond substituents is 2. The minimum atomic E-state index is -1.10. The third-order valence-electron chi connectivity index (χ3n) is 5.24. The predicted octanol–water partition coefficient (Wildman–Crippen LogP) is 2.65. The molecule has 1 aliphatic heterocycles. The lowest BCUT2D eigenvalue weighted by Gasteiger charge is -2.21. The number of benzene rings is 2. The van der Waals surface area contributed by atoms with Crippen LogP contribution in [0.4, 0.5) is 10.1 Å². The minimum Gasteiger partial charge on any atom is -0.508 e.